The van der Waals surface area contributed by atoms with Gasteiger partial charge in [0.2, 0.25) is 11.8 Å². The number of amides is 2. The molecule has 0 saturated carbocycles. The molecule has 0 aromatic heterocycles. The molecule has 0 aliphatic carbocycles. The molecule has 7 heteroatoms. The summed E-state index contributed by atoms with van der Waals surface area (Å²) < 4.78 is 0. The van der Waals surface area contributed by atoms with Crippen molar-refractivity contribution in [2.75, 3.05) is 6.67 Å². The molecule has 0 spiro atoms. The monoisotopic (exact) mass is 335 g/mol. The van der Waals surface area contributed by atoms with Gasteiger partial charge < -0.3 is 21.5 Å². The molecule has 1 aromatic carbocycles. The normalized spacial score (nSPS) is 13.2. The maximum Gasteiger partial charge on any atom is 0.316 e. The number of carbonyl (C=O) groups excluding carboxylic acids is 2. The molecule has 0 aliphatic heterocycles. The van der Waals surface area contributed by atoms with Gasteiger partial charge >= 0.3 is 5.97 Å². The summed E-state index contributed by atoms with van der Waals surface area (Å²) in [7, 11) is 0. The van der Waals surface area contributed by atoms with Gasteiger partial charge in [-0.05, 0) is 24.3 Å². The maximum absolute atomic E-state index is 11.9. The molecule has 2 atom stereocenters. The van der Waals surface area contributed by atoms with Crippen molar-refractivity contribution in [1.82, 2.24) is 10.6 Å². The lowest BCUT2D eigenvalue weighted by atomic mass is 9.96. The van der Waals surface area contributed by atoms with E-state index in [2.05, 4.69) is 10.6 Å². The zero-order chi connectivity index (χ0) is 18.1. The first-order valence-corrected chi connectivity index (χ1v) is 7.89. The van der Waals surface area contributed by atoms with Gasteiger partial charge in [0.15, 0.2) is 0 Å². The molecule has 2 amide bonds. The number of hydrogen-bond donors (Lipinski definition) is 4. The lowest BCUT2D eigenvalue weighted by Crippen LogP contribution is -2.48. The van der Waals surface area contributed by atoms with E-state index < -0.39 is 29.7 Å². The lowest BCUT2D eigenvalue weighted by Gasteiger charge is -2.16. The topological polar surface area (TPSA) is 122 Å². The smallest absolute Gasteiger partial charge is 0.316 e. The summed E-state index contributed by atoms with van der Waals surface area (Å²) in [4.78, 5) is 34.9. The Labute approximate surface area is 141 Å². The average molecular weight is 335 g/mol. The Kier molecular flexibility index (Phi) is 7.91. The van der Waals surface area contributed by atoms with Crippen LogP contribution in [0, 0.1) is 11.8 Å². The molecule has 0 aliphatic rings. The van der Waals surface area contributed by atoms with E-state index >= 15 is 0 Å². The summed E-state index contributed by atoms with van der Waals surface area (Å²) in [5.41, 5.74) is 6.76. The first-order chi connectivity index (χ1) is 11.3. The average Bonchev–Trinajstić information content (AvgIpc) is 2.52. The van der Waals surface area contributed by atoms with Gasteiger partial charge in [-0.1, -0.05) is 44.2 Å². The summed E-state index contributed by atoms with van der Waals surface area (Å²) >= 11 is 0. The second-order valence-corrected chi connectivity index (χ2v) is 6.08. The third-order valence-electron chi connectivity index (χ3n) is 3.48. The van der Waals surface area contributed by atoms with Crippen LogP contribution in [-0.4, -0.2) is 35.6 Å². The number of hydrogen-bond acceptors (Lipinski definition) is 4. The minimum absolute atomic E-state index is 0.0748. The summed E-state index contributed by atoms with van der Waals surface area (Å²) in [5, 5.41) is 14.0. The van der Waals surface area contributed by atoms with Gasteiger partial charge in [0.1, 0.15) is 5.92 Å². The predicted molar refractivity (Wildman–Crippen MR) is 89.9 cm³/mol. The van der Waals surface area contributed by atoms with Crippen LogP contribution in [0.25, 0.3) is 0 Å². The third kappa shape index (κ3) is 6.78. The molecule has 132 valence electrons. The van der Waals surface area contributed by atoms with E-state index in [0.717, 1.165) is 5.56 Å². The number of aliphatic carboxylic acids is 1. The van der Waals surface area contributed by atoms with E-state index in [1.807, 2.05) is 44.2 Å². The molecule has 7 nitrogen and oxygen atoms in total. The van der Waals surface area contributed by atoms with Gasteiger partial charge in [-0.3, -0.25) is 14.4 Å². The van der Waals surface area contributed by atoms with Gasteiger partial charge in [0, 0.05) is 0 Å². The molecule has 5 N–H and O–H groups in total. The van der Waals surface area contributed by atoms with Crippen molar-refractivity contribution in [2.45, 2.75) is 32.7 Å². The van der Waals surface area contributed by atoms with Crippen LogP contribution in [-0.2, 0) is 20.8 Å². The second-order valence-electron chi connectivity index (χ2n) is 6.08. The summed E-state index contributed by atoms with van der Waals surface area (Å²) in [6, 6.07) is 8.61. The first-order valence-electron chi connectivity index (χ1n) is 7.89. The van der Waals surface area contributed by atoms with Gasteiger partial charge in [0.05, 0.1) is 12.7 Å². The quantitative estimate of drug-likeness (QED) is 0.386. The molecular formula is C17H25N3O4. The Hall–Kier alpha value is -2.41. The van der Waals surface area contributed by atoms with Crippen LogP contribution in [0.2, 0.25) is 0 Å². The molecule has 0 bridgehead atoms. The number of carbonyl (C=O) groups is 3. The Balaban J connectivity index is 2.40. The van der Waals surface area contributed by atoms with E-state index in [1.165, 1.54) is 0 Å². The lowest BCUT2D eigenvalue weighted by molar-refractivity contribution is -0.147. The fraction of sp³-hybridized carbons (Fsp3) is 0.471. The minimum atomic E-state index is -1.17. The van der Waals surface area contributed by atoms with Crippen LogP contribution >= 0.6 is 0 Å². The highest BCUT2D eigenvalue weighted by Crippen LogP contribution is 2.12. The van der Waals surface area contributed by atoms with E-state index in [4.69, 9.17) is 10.8 Å². The van der Waals surface area contributed by atoms with Crippen molar-refractivity contribution >= 4 is 17.8 Å². The van der Waals surface area contributed by atoms with Crippen LogP contribution in [0.4, 0.5) is 0 Å². The number of nitrogens with one attached hydrogen (secondary N) is 2. The van der Waals surface area contributed by atoms with Crippen LogP contribution in [0.3, 0.4) is 0 Å². The number of carboxylic acid groups (broad SMARTS) is 1. The van der Waals surface area contributed by atoms with Crippen LogP contribution in [0.15, 0.2) is 30.3 Å². The van der Waals surface area contributed by atoms with Gasteiger partial charge in [0.25, 0.3) is 0 Å². The fourth-order valence-electron chi connectivity index (χ4n) is 2.22. The second kappa shape index (κ2) is 9.67. The SMILES string of the molecule is CC(C)CC(C(=O)O)C(=O)NCNC(=O)[C@@H](N)Cc1ccccc1. The standard InChI is InChI=1S/C17H25N3O4/c1-11(2)8-13(17(23)24)15(21)19-10-20-16(22)14(18)9-12-6-4-3-5-7-12/h3-7,11,13-14H,8-10,18H2,1-2H3,(H,19,21)(H,20,22)(H,23,24)/t13?,14-/m0/s1. The molecule has 0 radical (unpaired) electrons. The highest BCUT2D eigenvalue weighted by molar-refractivity contribution is 5.97. The van der Waals surface area contributed by atoms with E-state index in [-0.39, 0.29) is 19.0 Å². The molecule has 0 saturated heterocycles. The third-order valence-corrected chi connectivity index (χ3v) is 3.48. The van der Waals surface area contributed by atoms with Crippen LogP contribution in [0.1, 0.15) is 25.8 Å². The highest BCUT2D eigenvalue weighted by atomic mass is 16.4. The number of carboxylic acids is 1. The molecular weight excluding hydrogens is 310 g/mol. The molecule has 1 unspecified atom stereocenters. The van der Waals surface area contributed by atoms with E-state index in [9.17, 15) is 14.4 Å². The first kappa shape index (κ1) is 19.6. The van der Waals surface area contributed by atoms with Crippen LogP contribution < -0.4 is 16.4 Å². The Morgan fingerprint density at radius 1 is 1.08 bits per heavy atom. The Bertz CT molecular complexity index is 560. The summed E-state index contributed by atoms with van der Waals surface area (Å²) in [5.74, 6) is -3.25. The predicted octanol–water partition coefficient (Wildman–Crippen LogP) is 0.493. The highest BCUT2D eigenvalue weighted by Gasteiger charge is 2.26. The van der Waals surface area contributed by atoms with Crippen LogP contribution in [0.5, 0.6) is 0 Å². The molecule has 1 rings (SSSR count). The molecule has 0 heterocycles. The van der Waals surface area contributed by atoms with Crippen molar-refractivity contribution in [3.63, 3.8) is 0 Å². The maximum atomic E-state index is 11.9. The minimum Gasteiger partial charge on any atom is -0.481 e. The largest absolute Gasteiger partial charge is 0.481 e. The van der Waals surface area contributed by atoms with Crippen molar-refractivity contribution in [3.05, 3.63) is 35.9 Å². The van der Waals surface area contributed by atoms with Crippen molar-refractivity contribution in [1.29, 1.82) is 0 Å². The van der Waals surface area contributed by atoms with Gasteiger partial charge in [-0.2, -0.15) is 0 Å². The number of nitrogens with two attached hydrogens (primary N) is 1. The zero-order valence-corrected chi connectivity index (χ0v) is 14.0. The van der Waals surface area contributed by atoms with Gasteiger partial charge in [-0.25, -0.2) is 0 Å². The Morgan fingerprint density at radius 3 is 2.21 bits per heavy atom. The van der Waals surface area contributed by atoms with Gasteiger partial charge in [-0.15, -0.1) is 0 Å². The fourth-order valence-corrected chi connectivity index (χ4v) is 2.22. The zero-order valence-electron chi connectivity index (χ0n) is 14.0. The molecule has 1 aromatic rings. The molecule has 0 fully saturated rings. The van der Waals surface area contributed by atoms with Crippen molar-refractivity contribution in [2.24, 2.45) is 17.6 Å². The summed E-state index contributed by atoms with van der Waals surface area (Å²) in [6.45, 7) is 3.53. The Morgan fingerprint density at radius 2 is 1.67 bits per heavy atom. The summed E-state index contributed by atoms with van der Waals surface area (Å²) in [6.07, 6.45) is 0.619. The number of rotatable bonds is 9. The molecule has 24 heavy (non-hydrogen) atoms. The van der Waals surface area contributed by atoms with E-state index in [1.54, 1.807) is 0 Å². The van der Waals surface area contributed by atoms with E-state index in [0.29, 0.717) is 6.42 Å². The van der Waals surface area contributed by atoms with Crippen molar-refractivity contribution < 1.29 is 19.5 Å². The number of benzene rings is 1. The van der Waals surface area contributed by atoms with Crippen molar-refractivity contribution in [3.8, 4) is 0 Å².